The fourth-order valence-corrected chi connectivity index (χ4v) is 2.27. The molecular weight excluding hydrogens is 296 g/mol. The maximum Gasteiger partial charge on any atom is 0.122 e. The Balaban J connectivity index is 0.000000240. The monoisotopic (exact) mass is 324 g/mol. The zero-order valence-corrected chi connectivity index (χ0v) is 15.2. The van der Waals surface area contributed by atoms with Crippen molar-refractivity contribution in [3.63, 3.8) is 0 Å². The predicted molar refractivity (Wildman–Crippen MR) is 103 cm³/mol. The molecule has 0 fully saturated rings. The minimum Gasteiger partial charge on any atom is -0.507 e. The van der Waals surface area contributed by atoms with Gasteiger partial charge in [0.2, 0.25) is 0 Å². The van der Waals surface area contributed by atoms with Gasteiger partial charge in [-0.2, -0.15) is 0 Å². The second-order valence-electron chi connectivity index (χ2n) is 5.89. The molecule has 0 saturated heterocycles. The molecule has 0 amide bonds. The van der Waals surface area contributed by atoms with Crippen LogP contribution in [-0.4, -0.2) is 11.7 Å². The number of aromatic hydroxyl groups is 1. The van der Waals surface area contributed by atoms with E-state index in [2.05, 4.69) is 32.2 Å². The van der Waals surface area contributed by atoms with Gasteiger partial charge in [0.05, 0.1) is 0 Å². The molecule has 0 bridgehead atoms. The molecule has 0 unspecified atom stereocenters. The lowest BCUT2D eigenvalue weighted by Crippen LogP contribution is -1.95. The minimum atomic E-state index is 0.412. The first kappa shape index (κ1) is 19.6. The molecule has 2 heteroatoms. The normalized spacial score (nSPS) is 9.67. The predicted octanol–water partition coefficient (Wildman–Crippen LogP) is 5.61. The van der Waals surface area contributed by atoms with Crippen molar-refractivity contribution in [2.75, 3.05) is 6.61 Å². The molecule has 0 saturated carbocycles. The third kappa shape index (κ3) is 5.62. The van der Waals surface area contributed by atoms with E-state index < -0.39 is 0 Å². The summed E-state index contributed by atoms with van der Waals surface area (Å²) in [5.41, 5.74) is 5.43. The lowest BCUT2D eigenvalue weighted by Gasteiger charge is -2.07. The Morgan fingerprint density at radius 3 is 2.17 bits per heavy atom. The van der Waals surface area contributed by atoms with E-state index in [1.54, 1.807) is 6.08 Å². The highest BCUT2D eigenvalue weighted by Crippen LogP contribution is 2.25. The van der Waals surface area contributed by atoms with E-state index in [-0.39, 0.29) is 0 Å². The Labute approximate surface area is 146 Å². The Morgan fingerprint density at radius 2 is 1.54 bits per heavy atom. The third-order valence-electron chi connectivity index (χ3n) is 3.77. The van der Waals surface area contributed by atoms with Gasteiger partial charge in [0.25, 0.3) is 0 Å². The molecule has 2 aromatic carbocycles. The fraction of sp³-hybridized carbons (Fsp3) is 0.273. The van der Waals surface area contributed by atoms with E-state index in [4.69, 9.17) is 4.74 Å². The number of ether oxygens (including phenoxy) is 1. The van der Waals surface area contributed by atoms with Crippen molar-refractivity contribution in [2.45, 2.75) is 34.1 Å². The smallest absolute Gasteiger partial charge is 0.122 e. The molecule has 2 nitrogen and oxygen atoms in total. The van der Waals surface area contributed by atoms with Crippen molar-refractivity contribution in [2.24, 2.45) is 0 Å². The van der Waals surface area contributed by atoms with Gasteiger partial charge in [-0.05, 0) is 62.4 Å². The van der Waals surface area contributed by atoms with Crippen molar-refractivity contribution < 1.29 is 9.84 Å². The Morgan fingerprint density at radius 1 is 0.917 bits per heavy atom. The molecular formula is C22H28O2. The summed E-state index contributed by atoms with van der Waals surface area (Å²) < 4.78 is 5.45. The van der Waals surface area contributed by atoms with Crippen LogP contribution < -0.4 is 4.74 Å². The summed E-state index contributed by atoms with van der Waals surface area (Å²) in [6.07, 6.45) is 4.29. The molecule has 24 heavy (non-hydrogen) atoms. The van der Waals surface area contributed by atoms with Gasteiger partial charge in [-0.1, -0.05) is 43.0 Å². The van der Waals surface area contributed by atoms with Crippen LogP contribution in [0.15, 0.2) is 55.6 Å². The van der Waals surface area contributed by atoms with Gasteiger partial charge in [-0.3, -0.25) is 0 Å². The number of benzene rings is 2. The molecule has 2 aromatic rings. The molecule has 0 aliphatic heterocycles. The molecule has 0 atom stereocenters. The molecule has 0 aliphatic rings. The van der Waals surface area contributed by atoms with E-state index in [0.29, 0.717) is 12.4 Å². The van der Waals surface area contributed by atoms with Gasteiger partial charge in [0.1, 0.15) is 18.1 Å². The molecule has 2 rings (SSSR count). The first-order valence-corrected chi connectivity index (χ1v) is 8.10. The van der Waals surface area contributed by atoms with Crippen molar-refractivity contribution in [1.29, 1.82) is 0 Å². The number of hydrogen-bond acceptors (Lipinski definition) is 2. The summed E-state index contributed by atoms with van der Waals surface area (Å²) in [7, 11) is 0. The third-order valence-corrected chi connectivity index (χ3v) is 3.77. The summed E-state index contributed by atoms with van der Waals surface area (Å²) in [6.45, 7) is 15.8. The van der Waals surface area contributed by atoms with Crippen LogP contribution in [0.3, 0.4) is 0 Å². The summed E-state index contributed by atoms with van der Waals surface area (Å²) >= 11 is 0. The number of allylic oxidation sites excluding steroid dienone is 1. The highest BCUT2D eigenvalue weighted by atomic mass is 16.5. The second kappa shape index (κ2) is 9.61. The summed E-state index contributed by atoms with van der Waals surface area (Å²) in [5.74, 6) is 1.37. The van der Waals surface area contributed by atoms with Crippen LogP contribution in [0.4, 0.5) is 0 Å². The van der Waals surface area contributed by atoms with Gasteiger partial charge < -0.3 is 9.84 Å². The van der Waals surface area contributed by atoms with E-state index in [9.17, 15) is 5.11 Å². The lowest BCUT2D eigenvalue weighted by atomic mass is 10.0. The molecule has 1 N–H and O–H groups in total. The zero-order chi connectivity index (χ0) is 18.1. The minimum absolute atomic E-state index is 0.412. The summed E-state index contributed by atoms with van der Waals surface area (Å²) in [6, 6.07) is 10.1. The summed E-state index contributed by atoms with van der Waals surface area (Å²) in [4.78, 5) is 0. The molecule has 128 valence electrons. The standard InChI is InChI=1S/2C11H14O/c1-4-7-12-11-8-9(2)5-6-10(11)3;1-4-5-10-8(2)6-7-9(3)11(10)12/h4-6,8H,1,7H2,2-3H3;4,6-7,12H,1,5H2,2-3H3. The molecule has 0 heterocycles. The van der Waals surface area contributed by atoms with Gasteiger partial charge in [-0.15, -0.1) is 6.58 Å². The van der Waals surface area contributed by atoms with Crippen LogP contribution in [0, 0.1) is 27.7 Å². The highest BCUT2D eigenvalue weighted by Gasteiger charge is 2.04. The Kier molecular flexibility index (Phi) is 7.84. The van der Waals surface area contributed by atoms with Gasteiger partial charge in [-0.25, -0.2) is 0 Å². The first-order chi connectivity index (χ1) is 11.4. The van der Waals surface area contributed by atoms with Gasteiger partial charge in [0.15, 0.2) is 0 Å². The fourth-order valence-electron chi connectivity index (χ4n) is 2.27. The molecule has 0 radical (unpaired) electrons. The topological polar surface area (TPSA) is 29.5 Å². The quantitative estimate of drug-likeness (QED) is 0.725. The van der Waals surface area contributed by atoms with Crippen LogP contribution in [0.2, 0.25) is 0 Å². The van der Waals surface area contributed by atoms with E-state index in [1.165, 1.54) is 11.1 Å². The number of rotatable bonds is 5. The molecule has 0 aliphatic carbocycles. The lowest BCUT2D eigenvalue weighted by molar-refractivity contribution is 0.360. The number of phenolic OH excluding ortho intramolecular Hbond substituents is 1. The Hall–Kier alpha value is -2.48. The van der Waals surface area contributed by atoms with Crippen molar-refractivity contribution in [3.05, 3.63) is 83.5 Å². The average molecular weight is 324 g/mol. The van der Waals surface area contributed by atoms with Crippen LogP contribution in [-0.2, 0) is 6.42 Å². The van der Waals surface area contributed by atoms with Crippen LogP contribution in [0.25, 0.3) is 0 Å². The number of hydrogen-bond donors (Lipinski definition) is 1. The van der Waals surface area contributed by atoms with Crippen LogP contribution in [0.1, 0.15) is 27.8 Å². The highest BCUT2D eigenvalue weighted by molar-refractivity contribution is 5.45. The summed E-state index contributed by atoms with van der Waals surface area (Å²) in [5, 5.41) is 9.66. The molecule has 0 spiro atoms. The van der Waals surface area contributed by atoms with Crippen molar-refractivity contribution in [1.82, 2.24) is 0 Å². The van der Waals surface area contributed by atoms with E-state index in [1.807, 2.05) is 45.0 Å². The maximum absolute atomic E-state index is 9.66. The maximum atomic E-state index is 9.66. The zero-order valence-electron chi connectivity index (χ0n) is 15.2. The Bertz CT molecular complexity index is 699. The van der Waals surface area contributed by atoms with E-state index >= 15 is 0 Å². The second-order valence-corrected chi connectivity index (χ2v) is 5.89. The van der Waals surface area contributed by atoms with Crippen molar-refractivity contribution >= 4 is 0 Å². The average Bonchev–Trinajstić information content (AvgIpc) is 2.56. The largest absolute Gasteiger partial charge is 0.507 e. The van der Waals surface area contributed by atoms with Gasteiger partial charge >= 0.3 is 0 Å². The van der Waals surface area contributed by atoms with Crippen LogP contribution in [0.5, 0.6) is 11.5 Å². The van der Waals surface area contributed by atoms with Crippen molar-refractivity contribution in [3.8, 4) is 11.5 Å². The van der Waals surface area contributed by atoms with Crippen LogP contribution >= 0.6 is 0 Å². The van der Waals surface area contributed by atoms with Gasteiger partial charge in [0, 0.05) is 5.56 Å². The molecule has 0 aromatic heterocycles. The van der Waals surface area contributed by atoms with E-state index in [0.717, 1.165) is 28.9 Å². The first-order valence-electron chi connectivity index (χ1n) is 8.10. The SMILES string of the molecule is C=CCOc1cc(C)ccc1C.C=CCc1c(C)ccc(C)c1O. The number of phenols is 1. The number of aryl methyl sites for hydroxylation is 4.